The molecule has 0 heterocycles. The second-order valence-electron chi connectivity index (χ2n) is 4.36. The lowest BCUT2D eigenvalue weighted by atomic mass is 10.2. The van der Waals surface area contributed by atoms with Crippen LogP contribution >= 0.6 is 10.7 Å². The van der Waals surface area contributed by atoms with E-state index in [4.69, 9.17) is 15.4 Å². The zero-order chi connectivity index (χ0) is 15.9. The summed E-state index contributed by atoms with van der Waals surface area (Å²) in [5, 5.41) is 0. The summed E-state index contributed by atoms with van der Waals surface area (Å²) in [5.41, 5.74) is 0. The summed E-state index contributed by atoms with van der Waals surface area (Å²) in [6, 6.07) is 4.75. The molecule has 1 rings (SSSR count). The molecule has 0 atom stereocenters. The standard InChI is InChI=1S/C12H18ClNO5S2/c1-19-10-4-2-3-9-14-21(17,18)12-7-5-11(6-8-12)20(13,15)16/h5-8,14H,2-4,9-10H2,1H3. The fraction of sp³-hybridized carbons (Fsp3) is 0.500. The maximum atomic E-state index is 12.0. The minimum Gasteiger partial charge on any atom is -0.385 e. The number of hydrogen-bond donors (Lipinski definition) is 1. The summed E-state index contributed by atoms with van der Waals surface area (Å²) < 4.78 is 53.4. The van der Waals surface area contributed by atoms with Crippen molar-refractivity contribution in [3.05, 3.63) is 24.3 Å². The van der Waals surface area contributed by atoms with Crippen LogP contribution < -0.4 is 4.72 Å². The van der Waals surface area contributed by atoms with Gasteiger partial charge in [-0.25, -0.2) is 21.6 Å². The van der Waals surface area contributed by atoms with Gasteiger partial charge in [-0.2, -0.15) is 0 Å². The number of benzene rings is 1. The van der Waals surface area contributed by atoms with Crippen molar-refractivity contribution in [1.29, 1.82) is 0 Å². The Hall–Kier alpha value is -0.670. The van der Waals surface area contributed by atoms with Crippen LogP contribution in [-0.4, -0.2) is 37.1 Å². The van der Waals surface area contributed by atoms with Crippen molar-refractivity contribution < 1.29 is 21.6 Å². The van der Waals surface area contributed by atoms with Gasteiger partial charge >= 0.3 is 0 Å². The van der Waals surface area contributed by atoms with Crippen molar-refractivity contribution in [2.75, 3.05) is 20.3 Å². The van der Waals surface area contributed by atoms with Crippen molar-refractivity contribution in [2.45, 2.75) is 29.1 Å². The lowest BCUT2D eigenvalue weighted by molar-refractivity contribution is 0.192. The Kier molecular flexibility index (Phi) is 7.08. The number of methoxy groups -OCH3 is 1. The van der Waals surface area contributed by atoms with E-state index in [-0.39, 0.29) is 9.79 Å². The van der Waals surface area contributed by atoms with Crippen LogP contribution in [-0.2, 0) is 23.8 Å². The fourth-order valence-electron chi connectivity index (χ4n) is 1.62. The molecule has 0 bridgehead atoms. The summed E-state index contributed by atoms with van der Waals surface area (Å²) in [6.07, 6.45) is 2.44. The average molecular weight is 356 g/mol. The highest BCUT2D eigenvalue weighted by Crippen LogP contribution is 2.17. The van der Waals surface area contributed by atoms with Crippen LogP contribution in [0.3, 0.4) is 0 Å². The van der Waals surface area contributed by atoms with E-state index in [2.05, 4.69) is 4.72 Å². The van der Waals surface area contributed by atoms with Gasteiger partial charge in [0.2, 0.25) is 10.0 Å². The first-order chi connectivity index (χ1) is 9.77. The highest BCUT2D eigenvalue weighted by Gasteiger charge is 2.15. The Bertz CT molecular complexity index is 641. The second kappa shape index (κ2) is 8.09. The van der Waals surface area contributed by atoms with E-state index in [0.29, 0.717) is 19.6 Å². The Labute approximate surface area is 129 Å². The molecule has 9 heteroatoms. The van der Waals surface area contributed by atoms with Crippen LogP contribution in [0.15, 0.2) is 34.1 Å². The third-order valence-electron chi connectivity index (χ3n) is 2.73. The van der Waals surface area contributed by atoms with E-state index >= 15 is 0 Å². The monoisotopic (exact) mass is 355 g/mol. The number of rotatable bonds is 9. The van der Waals surface area contributed by atoms with E-state index in [9.17, 15) is 16.8 Å². The van der Waals surface area contributed by atoms with E-state index < -0.39 is 19.1 Å². The van der Waals surface area contributed by atoms with Gasteiger partial charge in [-0.3, -0.25) is 0 Å². The summed E-state index contributed by atoms with van der Waals surface area (Å²) in [7, 11) is -0.700. The first kappa shape index (κ1) is 18.4. The highest BCUT2D eigenvalue weighted by molar-refractivity contribution is 8.13. The smallest absolute Gasteiger partial charge is 0.261 e. The molecule has 120 valence electrons. The zero-order valence-electron chi connectivity index (χ0n) is 11.6. The SMILES string of the molecule is COCCCCCNS(=O)(=O)c1ccc(S(=O)(=O)Cl)cc1. The van der Waals surface area contributed by atoms with Crippen molar-refractivity contribution in [3.8, 4) is 0 Å². The molecule has 1 N–H and O–H groups in total. The first-order valence-electron chi connectivity index (χ1n) is 6.31. The second-order valence-corrected chi connectivity index (χ2v) is 8.69. The predicted octanol–water partition coefficient (Wildman–Crippen LogP) is 1.71. The van der Waals surface area contributed by atoms with Gasteiger partial charge < -0.3 is 4.74 Å². The molecule has 6 nitrogen and oxygen atoms in total. The number of halogens is 1. The molecule has 0 fully saturated rings. The molecule has 0 spiro atoms. The lowest BCUT2D eigenvalue weighted by Crippen LogP contribution is -2.24. The first-order valence-corrected chi connectivity index (χ1v) is 10.1. The molecule has 0 radical (unpaired) electrons. The number of sulfonamides is 1. The molecule has 0 saturated heterocycles. The van der Waals surface area contributed by atoms with Crippen LogP contribution in [0, 0.1) is 0 Å². The minimum atomic E-state index is -3.85. The maximum Gasteiger partial charge on any atom is 0.261 e. The minimum absolute atomic E-state index is 0.00320. The van der Waals surface area contributed by atoms with E-state index in [1.807, 2.05) is 0 Å². The zero-order valence-corrected chi connectivity index (χ0v) is 14.0. The van der Waals surface area contributed by atoms with E-state index in [1.165, 1.54) is 12.1 Å². The van der Waals surface area contributed by atoms with E-state index in [1.54, 1.807) is 7.11 Å². The highest BCUT2D eigenvalue weighted by atomic mass is 35.7. The van der Waals surface area contributed by atoms with Gasteiger partial charge in [0.05, 0.1) is 9.79 Å². The normalized spacial score (nSPS) is 12.5. The van der Waals surface area contributed by atoms with Gasteiger partial charge in [0.15, 0.2) is 0 Å². The molecule has 0 aliphatic rings. The molecular formula is C12H18ClNO5S2. The van der Waals surface area contributed by atoms with Gasteiger partial charge in [-0.1, -0.05) is 0 Å². The number of unbranched alkanes of at least 4 members (excludes halogenated alkanes) is 2. The van der Waals surface area contributed by atoms with Crippen LogP contribution in [0.25, 0.3) is 0 Å². The molecule has 0 saturated carbocycles. The Morgan fingerprint density at radius 2 is 1.57 bits per heavy atom. The Morgan fingerprint density at radius 3 is 2.10 bits per heavy atom. The molecule has 0 aliphatic carbocycles. The molecule has 0 amide bonds. The predicted molar refractivity (Wildman–Crippen MR) is 80.4 cm³/mol. The van der Waals surface area contributed by atoms with Gasteiger partial charge in [-0.05, 0) is 43.5 Å². The lowest BCUT2D eigenvalue weighted by Gasteiger charge is -2.07. The third kappa shape index (κ3) is 6.31. The topological polar surface area (TPSA) is 89.5 Å². The van der Waals surface area contributed by atoms with E-state index in [0.717, 1.165) is 25.0 Å². The Morgan fingerprint density at radius 1 is 1.00 bits per heavy atom. The molecule has 21 heavy (non-hydrogen) atoms. The maximum absolute atomic E-state index is 12.0. The number of nitrogens with one attached hydrogen (secondary N) is 1. The summed E-state index contributed by atoms with van der Waals surface area (Å²) in [4.78, 5) is -0.133. The van der Waals surface area contributed by atoms with Crippen molar-refractivity contribution in [3.63, 3.8) is 0 Å². The molecule has 0 aromatic heterocycles. The molecular weight excluding hydrogens is 338 g/mol. The Balaban J connectivity index is 2.58. The van der Waals surface area contributed by atoms with Gasteiger partial charge in [0.25, 0.3) is 9.05 Å². The summed E-state index contributed by atoms with van der Waals surface area (Å²) >= 11 is 0. The van der Waals surface area contributed by atoms with Gasteiger partial charge in [-0.15, -0.1) is 0 Å². The molecule has 1 aromatic carbocycles. The van der Waals surface area contributed by atoms with Crippen molar-refractivity contribution in [2.24, 2.45) is 0 Å². The quantitative estimate of drug-likeness (QED) is 0.538. The summed E-state index contributed by atoms with van der Waals surface area (Å²) in [6.45, 7) is 0.975. The van der Waals surface area contributed by atoms with Gasteiger partial charge in [0.1, 0.15) is 0 Å². The van der Waals surface area contributed by atoms with Crippen LogP contribution in [0.2, 0.25) is 0 Å². The molecule has 0 unspecified atom stereocenters. The molecule has 0 aliphatic heterocycles. The van der Waals surface area contributed by atoms with Crippen LogP contribution in [0.5, 0.6) is 0 Å². The van der Waals surface area contributed by atoms with Crippen LogP contribution in [0.1, 0.15) is 19.3 Å². The van der Waals surface area contributed by atoms with Crippen LogP contribution in [0.4, 0.5) is 0 Å². The third-order valence-corrected chi connectivity index (χ3v) is 5.58. The van der Waals surface area contributed by atoms with Crippen molar-refractivity contribution in [1.82, 2.24) is 4.72 Å². The summed E-state index contributed by atoms with van der Waals surface area (Å²) in [5.74, 6) is 0. The molecule has 1 aromatic rings. The van der Waals surface area contributed by atoms with Crippen molar-refractivity contribution >= 4 is 29.8 Å². The average Bonchev–Trinajstić information content (AvgIpc) is 2.42. The number of ether oxygens (including phenoxy) is 1. The van der Waals surface area contributed by atoms with Gasteiger partial charge in [0, 0.05) is 30.9 Å². The number of hydrogen-bond acceptors (Lipinski definition) is 5. The largest absolute Gasteiger partial charge is 0.385 e. The fourth-order valence-corrected chi connectivity index (χ4v) is 3.46.